The van der Waals surface area contributed by atoms with E-state index in [4.69, 9.17) is 9.15 Å². The van der Waals surface area contributed by atoms with Crippen molar-refractivity contribution >= 4 is 0 Å². The van der Waals surface area contributed by atoms with Crippen LogP contribution in [0.4, 0.5) is 4.39 Å². The molecule has 0 aliphatic rings. The SMILES string of the molecule is COc1ccc(-c2nn(-c3ccccc3F)cc2CNCCc2ccco2)cc1. The first-order chi connectivity index (χ1) is 14.2. The van der Waals surface area contributed by atoms with Crippen LogP contribution >= 0.6 is 0 Å². The Balaban J connectivity index is 1.59. The van der Waals surface area contributed by atoms with Gasteiger partial charge in [-0.15, -0.1) is 0 Å². The molecule has 148 valence electrons. The van der Waals surface area contributed by atoms with Crippen LogP contribution in [0.3, 0.4) is 0 Å². The summed E-state index contributed by atoms with van der Waals surface area (Å²) < 4.78 is 26.5. The van der Waals surface area contributed by atoms with Gasteiger partial charge in [0.25, 0.3) is 0 Å². The van der Waals surface area contributed by atoms with Crippen LogP contribution in [0.5, 0.6) is 5.75 Å². The molecule has 1 N–H and O–H groups in total. The number of methoxy groups -OCH3 is 1. The molecule has 4 rings (SSSR count). The highest BCUT2D eigenvalue weighted by Gasteiger charge is 2.14. The minimum absolute atomic E-state index is 0.311. The van der Waals surface area contributed by atoms with E-state index < -0.39 is 0 Å². The van der Waals surface area contributed by atoms with E-state index in [9.17, 15) is 4.39 Å². The van der Waals surface area contributed by atoms with Gasteiger partial charge >= 0.3 is 0 Å². The van der Waals surface area contributed by atoms with Crippen LogP contribution in [-0.4, -0.2) is 23.4 Å². The normalized spacial score (nSPS) is 11.0. The van der Waals surface area contributed by atoms with Crippen molar-refractivity contribution in [2.75, 3.05) is 13.7 Å². The van der Waals surface area contributed by atoms with Gasteiger partial charge in [-0.25, -0.2) is 9.07 Å². The fourth-order valence-corrected chi connectivity index (χ4v) is 3.18. The number of furan rings is 1. The van der Waals surface area contributed by atoms with E-state index in [1.165, 1.54) is 6.07 Å². The Morgan fingerprint density at radius 2 is 1.90 bits per heavy atom. The van der Waals surface area contributed by atoms with E-state index >= 15 is 0 Å². The van der Waals surface area contributed by atoms with E-state index in [0.717, 1.165) is 41.3 Å². The van der Waals surface area contributed by atoms with Crippen molar-refractivity contribution in [1.82, 2.24) is 15.1 Å². The first-order valence-corrected chi connectivity index (χ1v) is 9.45. The Labute approximate surface area is 168 Å². The Bertz CT molecular complexity index is 1060. The van der Waals surface area contributed by atoms with Gasteiger partial charge in [-0.2, -0.15) is 5.10 Å². The van der Waals surface area contributed by atoms with Crippen molar-refractivity contribution in [2.45, 2.75) is 13.0 Å². The van der Waals surface area contributed by atoms with Crippen LogP contribution in [0, 0.1) is 5.82 Å². The third kappa shape index (κ3) is 4.38. The fourth-order valence-electron chi connectivity index (χ4n) is 3.18. The largest absolute Gasteiger partial charge is 0.497 e. The number of benzene rings is 2. The van der Waals surface area contributed by atoms with Gasteiger partial charge in [-0.05, 0) is 48.5 Å². The second-order valence-electron chi connectivity index (χ2n) is 6.63. The summed E-state index contributed by atoms with van der Waals surface area (Å²) in [5, 5.41) is 8.09. The van der Waals surface area contributed by atoms with Gasteiger partial charge in [0.2, 0.25) is 0 Å². The van der Waals surface area contributed by atoms with Gasteiger partial charge in [0, 0.05) is 36.8 Å². The lowest BCUT2D eigenvalue weighted by Gasteiger charge is -2.05. The van der Waals surface area contributed by atoms with Crippen LogP contribution in [0.2, 0.25) is 0 Å². The zero-order valence-electron chi connectivity index (χ0n) is 16.1. The molecule has 0 saturated carbocycles. The summed E-state index contributed by atoms with van der Waals surface area (Å²) in [6.45, 7) is 1.37. The summed E-state index contributed by atoms with van der Waals surface area (Å²) in [4.78, 5) is 0. The van der Waals surface area contributed by atoms with Gasteiger partial charge in [-0.1, -0.05) is 12.1 Å². The number of ether oxygens (including phenoxy) is 1. The number of aromatic nitrogens is 2. The summed E-state index contributed by atoms with van der Waals surface area (Å²) in [5.41, 5.74) is 3.16. The molecule has 4 aromatic rings. The summed E-state index contributed by atoms with van der Waals surface area (Å²) >= 11 is 0. The van der Waals surface area contributed by atoms with Crippen LogP contribution < -0.4 is 10.1 Å². The van der Waals surface area contributed by atoms with Gasteiger partial charge < -0.3 is 14.5 Å². The summed E-state index contributed by atoms with van der Waals surface area (Å²) in [6, 6.07) is 18.2. The second kappa shape index (κ2) is 8.75. The average Bonchev–Trinajstić information content (AvgIpc) is 3.42. The summed E-state index contributed by atoms with van der Waals surface area (Å²) in [7, 11) is 1.64. The predicted octanol–water partition coefficient (Wildman–Crippen LogP) is 4.61. The molecule has 0 amide bonds. The smallest absolute Gasteiger partial charge is 0.148 e. The maximum absolute atomic E-state index is 14.3. The molecule has 0 aliphatic carbocycles. The molecule has 0 atom stereocenters. The lowest BCUT2D eigenvalue weighted by molar-refractivity contribution is 0.415. The molecule has 0 radical (unpaired) electrons. The summed E-state index contributed by atoms with van der Waals surface area (Å²) in [5.74, 6) is 1.41. The Morgan fingerprint density at radius 3 is 2.62 bits per heavy atom. The van der Waals surface area contributed by atoms with Crippen molar-refractivity contribution in [1.29, 1.82) is 0 Å². The Kier molecular flexibility index (Phi) is 5.72. The zero-order chi connectivity index (χ0) is 20.1. The van der Waals surface area contributed by atoms with E-state index in [1.807, 2.05) is 42.6 Å². The maximum Gasteiger partial charge on any atom is 0.148 e. The topological polar surface area (TPSA) is 52.2 Å². The molecular weight excluding hydrogens is 369 g/mol. The molecule has 2 heterocycles. The number of rotatable bonds is 8. The lowest BCUT2D eigenvalue weighted by atomic mass is 10.1. The molecule has 0 unspecified atom stereocenters. The standard InChI is InChI=1S/C23H22FN3O2/c1-28-19-10-8-17(9-11-19)23-18(15-25-13-12-20-5-4-14-29-20)16-27(26-23)22-7-3-2-6-21(22)24/h2-11,14,16,25H,12-13,15H2,1H3. The lowest BCUT2D eigenvalue weighted by Crippen LogP contribution is -2.16. The first kappa shape index (κ1) is 19.0. The molecule has 0 bridgehead atoms. The van der Waals surface area contributed by atoms with Crippen molar-refractivity contribution in [3.05, 3.63) is 90.3 Å². The Hall–Kier alpha value is -3.38. The van der Waals surface area contributed by atoms with E-state index in [-0.39, 0.29) is 5.82 Å². The molecule has 0 fully saturated rings. The Morgan fingerprint density at radius 1 is 1.07 bits per heavy atom. The number of nitrogens with zero attached hydrogens (tertiary/aromatic N) is 2. The van der Waals surface area contributed by atoms with Gasteiger partial charge in [0.15, 0.2) is 0 Å². The number of nitrogens with one attached hydrogen (secondary N) is 1. The van der Waals surface area contributed by atoms with E-state index in [0.29, 0.717) is 12.2 Å². The van der Waals surface area contributed by atoms with Crippen molar-refractivity contribution < 1.29 is 13.5 Å². The highest BCUT2D eigenvalue weighted by atomic mass is 19.1. The number of hydrogen-bond donors (Lipinski definition) is 1. The number of hydrogen-bond acceptors (Lipinski definition) is 4. The zero-order valence-corrected chi connectivity index (χ0v) is 16.1. The van der Waals surface area contributed by atoms with Crippen LogP contribution in [0.1, 0.15) is 11.3 Å². The van der Waals surface area contributed by atoms with Crippen molar-refractivity contribution in [2.24, 2.45) is 0 Å². The monoisotopic (exact) mass is 391 g/mol. The molecule has 2 aromatic carbocycles. The molecule has 0 saturated heterocycles. The minimum atomic E-state index is -0.311. The molecule has 0 spiro atoms. The average molecular weight is 391 g/mol. The van der Waals surface area contributed by atoms with Crippen molar-refractivity contribution in [3.8, 4) is 22.7 Å². The predicted molar refractivity (Wildman–Crippen MR) is 110 cm³/mol. The third-order valence-electron chi connectivity index (χ3n) is 4.70. The van der Waals surface area contributed by atoms with Crippen molar-refractivity contribution in [3.63, 3.8) is 0 Å². The fraction of sp³-hybridized carbons (Fsp3) is 0.174. The van der Waals surface area contributed by atoms with E-state index in [1.54, 1.807) is 36.3 Å². The molecule has 5 nitrogen and oxygen atoms in total. The van der Waals surface area contributed by atoms with E-state index in [2.05, 4.69) is 10.4 Å². The van der Waals surface area contributed by atoms with Gasteiger partial charge in [-0.3, -0.25) is 0 Å². The minimum Gasteiger partial charge on any atom is -0.497 e. The first-order valence-electron chi connectivity index (χ1n) is 9.45. The quantitative estimate of drug-likeness (QED) is 0.446. The number of para-hydroxylation sites is 1. The summed E-state index contributed by atoms with van der Waals surface area (Å²) in [6.07, 6.45) is 4.35. The highest BCUT2D eigenvalue weighted by molar-refractivity contribution is 5.64. The molecular formula is C23H22FN3O2. The van der Waals surface area contributed by atoms with Gasteiger partial charge in [0.1, 0.15) is 23.0 Å². The molecule has 6 heteroatoms. The highest BCUT2D eigenvalue weighted by Crippen LogP contribution is 2.26. The second-order valence-corrected chi connectivity index (χ2v) is 6.63. The molecule has 29 heavy (non-hydrogen) atoms. The maximum atomic E-state index is 14.3. The van der Waals surface area contributed by atoms with Gasteiger partial charge in [0.05, 0.1) is 19.1 Å². The third-order valence-corrected chi connectivity index (χ3v) is 4.70. The van der Waals surface area contributed by atoms with Crippen LogP contribution in [-0.2, 0) is 13.0 Å². The molecule has 2 aromatic heterocycles. The van der Waals surface area contributed by atoms with Crippen LogP contribution in [0.25, 0.3) is 16.9 Å². The molecule has 0 aliphatic heterocycles. The number of halogens is 1. The van der Waals surface area contributed by atoms with Crippen LogP contribution in [0.15, 0.2) is 77.5 Å².